The lowest BCUT2D eigenvalue weighted by atomic mass is 9.91. The van der Waals surface area contributed by atoms with E-state index in [4.69, 9.17) is 0 Å². The number of nitrogens with zero attached hydrogens (tertiary/aromatic N) is 2. The molecule has 266 valence electrons. The van der Waals surface area contributed by atoms with Gasteiger partial charge in [0.05, 0.1) is 11.0 Å². The van der Waals surface area contributed by atoms with Gasteiger partial charge in [0.2, 0.25) is 0 Å². The molecular formula is C54H40N2. The normalized spacial score (nSPS) is 13.9. The minimum Gasteiger partial charge on any atom is -0.311 e. The minimum atomic E-state index is 0.312. The number of benzene rings is 8. The molecule has 2 nitrogen and oxygen atoms in total. The predicted molar refractivity (Wildman–Crippen MR) is 238 cm³/mol. The fourth-order valence-electron chi connectivity index (χ4n) is 8.26. The van der Waals surface area contributed by atoms with E-state index in [0.29, 0.717) is 5.92 Å². The molecule has 0 fully saturated rings. The third kappa shape index (κ3) is 6.32. The first-order valence-electron chi connectivity index (χ1n) is 19.5. The van der Waals surface area contributed by atoms with E-state index in [2.05, 4.69) is 234 Å². The predicted octanol–water partition coefficient (Wildman–Crippen LogP) is 14.8. The van der Waals surface area contributed by atoms with Crippen LogP contribution in [-0.4, -0.2) is 4.57 Å². The van der Waals surface area contributed by atoms with Crippen molar-refractivity contribution in [2.24, 2.45) is 0 Å². The Labute approximate surface area is 328 Å². The van der Waals surface area contributed by atoms with Gasteiger partial charge in [0.15, 0.2) is 0 Å². The second-order valence-electron chi connectivity index (χ2n) is 14.5. The van der Waals surface area contributed by atoms with E-state index in [1.165, 1.54) is 66.4 Å². The molecule has 8 aromatic carbocycles. The van der Waals surface area contributed by atoms with Gasteiger partial charge >= 0.3 is 0 Å². The number of aromatic nitrogens is 1. The number of rotatable bonds is 8. The molecule has 0 bridgehead atoms. The van der Waals surface area contributed by atoms with Gasteiger partial charge in [-0.05, 0) is 100.0 Å². The standard InChI is InChI=1S/C54H40N2/c1-3-11-39(12-4-1)41-19-21-42(22-20-41)44-25-33-48(34-26-44)55(47-31-23-43(24-32-47)40-13-5-2-6-14-40)49-35-27-45(28-36-49)46-29-37-50(38-30-46)56-53-17-9-7-15-51(53)52-16-8-10-18-54(52)56/h1-29,31-38,46H,30H2. The summed E-state index contributed by atoms with van der Waals surface area (Å²) in [6.45, 7) is 0. The highest BCUT2D eigenvalue weighted by molar-refractivity contribution is 6.10. The summed E-state index contributed by atoms with van der Waals surface area (Å²) in [5.41, 5.74) is 15.7. The molecule has 0 amide bonds. The molecule has 0 saturated carbocycles. The van der Waals surface area contributed by atoms with E-state index >= 15 is 0 Å². The van der Waals surface area contributed by atoms with Gasteiger partial charge in [0.25, 0.3) is 0 Å². The average molecular weight is 717 g/mol. The Morgan fingerprint density at radius 2 is 0.750 bits per heavy atom. The van der Waals surface area contributed by atoms with E-state index < -0.39 is 0 Å². The maximum atomic E-state index is 2.41. The second-order valence-corrected chi connectivity index (χ2v) is 14.5. The summed E-state index contributed by atoms with van der Waals surface area (Å²) in [6.07, 6.45) is 8.02. The molecule has 0 N–H and O–H groups in total. The topological polar surface area (TPSA) is 8.17 Å². The number of para-hydroxylation sites is 2. The molecular weight excluding hydrogens is 677 g/mol. The van der Waals surface area contributed by atoms with Gasteiger partial charge < -0.3 is 9.47 Å². The van der Waals surface area contributed by atoms with E-state index in [0.717, 1.165) is 23.5 Å². The quantitative estimate of drug-likeness (QED) is 0.152. The van der Waals surface area contributed by atoms with Gasteiger partial charge in [-0.25, -0.2) is 0 Å². The maximum Gasteiger partial charge on any atom is 0.0540 e. The van der Waals surface area contributed by atoms with Crippen LogP contribution in [0.1, 0.15) is 17.9 Å². The zero-order valence-electron chi connectivity index (χ0n) is 31.0. The Kier molecular flexibility index (Phi) is 8.70. The van der Waals surface area contributed by atoms with Crippen LogP contribution in [0.25, 0.3) is 60.9 Å². The summed E-state index contributed by atoms with van der Waals surface area (Å²) in [7, 11) is 0. The Hall–Kier alpha value is -7.16. The van der Waals surface area contributed by atoms with Gasteiger partial charge in [-0.2, -0.15) is 0 Å². The Morgan fingerprint density at radius 3 is 1.18 bits per heavy atom. The van der Waals surface area contributed by atoms with Crippen LogP contribution in [-0.2, 0) is 0 Å². The van der Waals surface area contributed by atoms with E-state index in [1.807, 2.05) is 0 Å². The van der Waals surface area contributed by atoms with Crippen molar-refractivity contribution >= 4 is 44.6 Å². The molecule has 1 unspecified atom stereocenters. The van der Waals surface area contributed by atoms with Gasteiger partial charge in [0.1, 0.15) is 0 Å². The number of fused-ring (bicyclic) bond motifs is 3. The third-order valence-electron chi connectivity index (χ3n) is 11.2. The van der Waals surface area contributed by atoms with Crippen molar-refractivity contribution < 1.29 is 0 Å². The van der Waals surface area contributed by atoms with Crippen molar-refractivity contribution in [1.82, 2.24) is 4.57 Å². The largest absolute Gasteiger partial charge is 0.311 e. The summed E-state index contributed by atoms with van der Waals surface area (Å²) in [5, 5.41) is 2.59. The molecule has 10 rings (SSSR count). The van der Waals surface area contributed by atoms with Crippen LogP contribution < -0.4 is 4.90 Å². The number of allylic oxidation sites excluding steroid dienone is 4. The van der Waals surface area contributed by atoms with Crippen molar-refractivity contribution in [3.63, 3.8) is 0 Å². The first-order valence-corrected chi connectivity index (χ1v) is 19.5. The van der Waals surface area contributed by atoms with Crippen molar-refractivity contribution in [2.75, 3.05) is 4.90 Å². The van der Waals surface area contributed by atoms with Crippen LogP contribution in [0, 0.1) is 0 Å². The average Bonchev–Trinajstić information content (AvgIpc) is 3.62. The van der Waals surface area contributed by atoms with E-state index in [9.17, 15) is 0 Å². The molecule has 0 spiro atoms. The molecule has 1 aromatic heterocycles. The van der Waals surface area contributed by atoms with Crippen LogP contribution in [0.15, 0.2) is 224 Å². The lowest BCUT2D eigenvalue weighted by Crippen LogP contribution is -2.10. The lowest BCUT2D eigenvalue weighted by Gasteiger charge is -2.27. The van der Waals surface area contributed by atoms with Crippen LogP contribution in [0.3, 0.4) is 0 Å². The SMILES string of the molecule is C1=CC(c2ccc(N(c3ccc(-c4ccccc4)cc3)c3ccc(-c4ccc(-c5ccccc5)cc4)cc3)cc2)CC=C1n1c2ccccc2c2ccccc21. The Bertz CT molecular complexity index is 2770. The summed E-state index contributed by atoms with van der Waals surface area (Å²) >= 11 is 0. The molecule has 1 aliphatic rings. The van der Waals surface area contributed by atoms with Crippen molar-refractivity contribution in [3.8, 4) is 33.4 Å². The van der Waals surface area contributed by atoms with Crippen molar-refractivity contribution in [3.05, 3.63) is 230 Å². The van der Waals surface area contributed by atoms with Crippen molar-refractivity contribution in [1.29, 1.82) is 0 Å². The van der Waals surface area contributed by atoms with Gasteiger partial charge in [-0.15, -0.1) is 0 Å². The Balaban J connectivity index is 0.939. The number of hydrogen-bond acceptors (Lipinski definition) is 1. The highest BCUT2D eigenvalue weighted by Crippen LogP contribution is 2.39. The smallest absolute Gasteiger partial charge is 0.0540 e. The monoisotopic (exact) mass is 716 g/mol. The van der Waals surface area contributed by atoms with Crippen LogP contribution in [0.2, 0.25) is 0 Å². The van der Waals surface area contributed by atoms with Gasteiger partial charge in [-0.1, -0.05) is 170 Å². The first-order chi connectivity index (χ1) is 27.8. The minimum absolute atomic E-state index is 0.312. The van der Waals surface area contributed by atoms with Gasteiger partial charge in [-0.3, -0.25) is 0 Å². The maximum absolute atomic E-state index is 2.41. The van der Waals surface area contributed by atoms with Crippen LogP contribution >= 0.6 is 0 Å². The first kappa shape index (κ1) is 33.4. The number of hydrogen-bond donors (Lipinski definition) is 0. The summed E-state index contributed by atoms with van der Waals surface area (Å²) in [6, 6.07) is 74.5. The third-order valence-corrected chi connectivity index (χ3v) is 11.2. The molecule has 2 heteroatoms. The highest BCUT2D eigenvalue weighted by atomic mass is 15.1. The fraction of sp³-hybridized carbons (Fsp3) is 0.0370. The zero-order valence-corrected chi connectivity index (χ0v) is 31.0. The molecule has 0 radical (unpaired) electrons. The molecule has 1 atom stereocenters. The zero-order chi connectivity index (χ0) is 37.3. The van der Waals surface area contributed by atoms with Gasteiger partial charge in [0, 0.05) is 39.4 Å². The van der Waals surface area contributed by atoms with Crippen LogP contribution in [0.5, 0.6) is 0 Å². The molecule has 1 heterocycles. The molecule has 0 saturated heterocycles. The Morgan fingerprint density at radius 1 is 0.375 bits per heavy atom. The summed E-state index contributed by atoms with van der Waals surface area (Å²) in [5.74, 6) is 0.312. The molecule has 1 aliphatic carbocycles. The number of anilines is 3. The molecule has 9 aromatic rings. The summed E-state index contributed by atoms with van der Waals surface area (Å²) < 4.78 is 2.41. The second kappa shape index (κ2) is 14.6. The van der Waals surface area contributed by atoms with Crippen molar-refractivity contribution in [2.45, 2.75) is 12.3 Å². The van der Waals surface area contributed by atoms with Crippen LogP contribution in [0.4, 0.5) is 17.1 Å². The van der Waals surface area contributed by atoms with E-state index in [1.54, 1.807) is 0 Å². The highest BCUT2D eigenvalue weighted by Gasteiger charge is 2.18. The lowest BCUT2D eigenvalue weighted by molar-refractivity contribution is 0.850. The molecule has 0 aliphatic heterocycles. The molecule has 56 heavy (non-hydrogen) atoms. The fourth-order valence-corrected chi connectivity index (χ4v) is 8.26. The van der Waals surface area contributed by atoms with E-state index in [-0.39, 0.29) is 0 Å². The summed E-state index contributed by atoms with van der Waals surface area (Å²) in [4.78, 5) is 2.36.